The number of ether oxygens (including phenoxy) is 1. The zero-order chi connectivity index (χ0) is 18.6. The zero-order valence-corrected chi connectivity index (χ0v) is 15.0. The number of hydrogen-bond donors (Lipinski definition) is 1. The van der Waals surface area contributed by atoms with Crippen LogP contribution in [-0.2, 0) is 12.8 Å². The molecule has 0 spiro atoms. The Morgan fingerprint density at radius 3 is 2.96 bits per heavy atom. The van der Waals surface area contributed by atoms with Gasteiger partial charge in [-0.3, -0.25) is 4.98 Å². The highest BCUT2D eigenvalue weighted by atomic mass is 16.5. The maximum Gasteiger partial charge on any atom is 0.322 e. The van der Waals surface area contributed by atoms with E-state index < -0.39 is 0 Å². The number of anilines is 1. The molecule has 4 rings (SSSR count). The highest BCUT2D eigenvalue weighted by Crippen LogP contribution is 2.23. The summed E-state index contributed by atoms with van der Waals surface area (Å²) in [6.07, 6.45) is 8.30. The topological polar surface area (TPSA) is 91.1 Å². The fourth-order valence-electron chi connectivity index (χ4n) is 3.55. The predicted molar refractivity (Wildman–Crippen MR) is 99.5 cm³/mol. The van der Waals surface area contributed by atoms with Crippen molar-refractivity contribution in [2.75, 3.05) is 18.4 Å². The third-order valence-corrected chi connectivity index (χ3v) is 5.01. The minimum Gasteiger partial charge on any atom is -0.472 e. The van der Waals surface area contributed by atoms with Gasteiger partial charge in [0, 0.05) is 30.9 Å². The molecule has 1 aliphatic heterocycles. The summed E-state index contributed by atoms with van der Waals surface area (Å²) in [4.78, 5) is 22.9. The van der Waals surface area contributed by atoms with Crippen molar-refractivity contribution in [3.63, 3.8) is 0 Å². The summed E-state index contributed by atoms with van der Waals surface area (Å²) in [7, 11) is 0. The van der Waals surface area contributed by atoms with Gasteiger partial charge in [0.1, 0.15) is 12.2 Å². The molecule has 7 nitrogen and oxygen atoms in total. The number of hydrogen-bond acceptors (Lipinski definition) is 5. The van der Waals surface area contributed by atoms with E-state index >= 15 is 0 Å². The van der Waals surface area contributed by atoms with Gasteiger partial charge in [-0.15, -0.1) is 0 Å². The molecular formula is C20H21N5O2. The van der Waals surface area contributed by atoms with Gasteiger partial charge in [0.15, 0.2) is 0 Å². The van der Waals surface area contributed by atoms with E-state index in [1.165, 1.54) is 24.6 Å². The quantitative estimate of drug-likeness (QED) is 0.905. The van der Waals surface area contributed by atoms with E-state index in [2.05, 4.69) is 15.3 Å². The van der Waals surface area contributed by atoms with Gasteiger partial charge in [0.05, 0.1) is 24.0 Å². The van der Waals surface area contributed by atoms with Crippen molar-refractivity contribution in [3.8, 4) is 11.9 Å². The van der Waals surface area contributed by atoms with Crippen molar-refractivity contribution in [1.29, 1.82) is 5.26 Å². The first kappa shape index (κ1) is 17.3. The van der Waals surface area contributed by atoms with E-state index in [-0.39, 0.29) is 12.1 Å². The van der Waals surface area contributed by atoms with Crippen LogP contribution in [0.5, 0.6) is 5.88 Å². The summed E-state index contributed by atoms with van der Waals surface area (Å²) >= 11 is 0. The number of amides is 2. The molecule has 1 N–H and O–H groups in total. The van der Waals surface area contributed by atoms with E-state index in [0.29, 0.717) is 24.5 Å². The molecule has 1 unspecified atom stereocenters. The van der Waals surface area contributed by atoms with Crippen LogP contribution in [0.1, 0.15) is 36.1 Å². The van der Waals surface area contributed by atoms with E-state index in [0.717, 1.165) is 30.6 Å². The van der Waals surface area contributed by atoms with Gasteiger partial charge in [-0.2, -0.15) is 5.26 Å². The SMILES string of the molecule is N#Cc1ccc(OC2CCN(C(=O)Nc3cnc4c(c3)CCCC4)C2)nc1. The molecule has 138 valence electrons. The van der Waals surface area contributed by atoms with Gasteiger partial charge in [0.2, 0.25) is 5.88 Å². The number of carbonyl (C=O) groups is 1. The fourth-order valence-corrected chi connectivity index (χ4v) is 3.55. The maximum absolute atomic E-state index is 12.5. The molecule has 2 aliphatic rings. The molecular weight excluding hydrogens is 342 g/mol. The summed E-state index contributed by atoms with van der Waals surface area (Å²) in [5.74, 6) is 0.472. The molecule has 2 aromatic heterocycles. The minimum absolute atomic E-state index is 0.0992. The van der Waals surface area contributed by atoms with Crippen molar-refractivity contribution < 1.29 is 9.53 Å². The Hall–Kier alpha value is -3.14. The third kappa shape index (κ3) is 4.00. The molecule has 7 heteroatoms. The number of aromatic nitrogens is 2. The Kier molecular flexibility index (Phi) is 4.88. The van der Waals surface area contributed by atoms with Crippen molar-refractivity contribution in [2.45, 2.75) is 38.2 Å². The number of urea groups is 1. The second-order valence-electron chi connectivity index (χ2n) is 6.94. The van der Waals surface area contributed by atoms with Gasteiger partial charge < -0.3 is 15.0 Å². The smallest absolute Gasteiger partial charge is 0.322 e. The Morgan fingerprint density at radius 1 is 1.26 bits per heavy atom. The fraction of sp³-hybridized carbons (Fsp3) is 0.400. The highest BCUT2D eigenvalue weighted by Gasteiger charge is 2.28. The van der Waals surface area contributed by atoms with E-state index in [9.17, 15) is 4.79 Å². The Morgan fingerprint density at radius 2 is 2.15 bits per heavy atom. The lowest BCUT2D eigenvalue weighted by molar-refractivity contribution is 0.190. The first-order valence-electron chi connectivity index (χ1n) is 9.28. The van der Waals surface area contributed by atoms with Crippen LogP contribution in [0, 0.1) is 11.3 Å². The number of carbonyl (C=O) groups excluding carboxylic acids is 1. The van der Waals surface area contributed by atoms with Crippen molar-refractivity contribution in [3.05, 3.63) is 47.4 Å². The molecule has 0 bridgehead atoms. The van der Waals surface area contributed by atoms with E-state index in [4.69, 9.17) is 10.00 Å². The Bertz CT molecular complexity index is 875. The molecule has 1 fully saturated rings. The van der Waals surface area contributed by atoms with Crippen molar-refractivity contribution in [1.82, 2.24) is 14.9 Å². The first-order valence-corrected chi connectivity index (χ1v) is 9.28. The molecule has 1 aliphatic carbocycles. The van der Waals surface area contributed by atoms with E-state index in [1.54, 1.807) is 23.2 Å². The van der Waals surface area contributed by atoms with Gasteiger partial charge >= 0.3 is 6.03 Å². The standard InChI is InChI=1S/C20H21N5O2/c21-10-14-5-6-19(23-11-14)27-17-7-8-25(13-17)20(26)24-16-9-15-3-1-2-4-18(15)22-12-16/h5-6,9,11-12,17H,1-4,7-8,13H2,(H,24,26). The molecule has 1 saturated heterocycles. The number of nitrogens with zero attached hydrogens (tertiary/aromatic N) is 4. The number of nitriles is 1. The van der Waals surface area contributed by atoms with Gasteiger partial charge in [-0.1, -0.05) is 0 Å². The number of aryl methyl sites for hydroxylation is 2. The van der Waals surface area contributed by atoms with Gasteiger partial charge in [-0.25, -0.2) is 9.78 Å². The molecule has 27 heavy (non-hydrogen) atoms. The van der Waals surface area contributed by atoms with Crippen molar-refractivity contribution >= 4 is 11.7 Å². The molecule has 3 heterocycles. The number of nitrogens with one attached hydrogen (secondary N) is 1. The normalized spacial score (nSPS) is 18.5. The summed E-state index contributed by atoms with van der Waals surface area (Å²) in [5.41, 5.74) is 3.64. The van der Waals surface area contributed by atoms with Crippen LogP contribution in [0.3, 0.4) is 0 Å². The van der Waals surface area contributed by atoms with Crippen LogP contribution < -0.4 is 10.1 Å². The molecule has 1 atom stereocenters. The lowest BCUT2D eigenvalue weighted by Crippen LogP contribution is -2.34. The largest absolute Gasteiger partial charge is 0.472 e. The Balaban J connectivity index is 1.33. The third-order valence-electron chi connectivity index (χ3n) is 5.01. The van der Waals surface area contributed by atoms with E-state index in [1.807, 2.05) is 12.1 Å². The second-order valence-corrected chi connectivity index (χ2v) is 6.94. The number of likely N-dealkylation sites (tertiary alicyclic amines) is 1. The molecule has 0 aromatic carbocycles. The average molecular weight is 363 g/mol. The van der Waals surface area contributed by atoms with Gasteiger partial charge in [0.25, 0.3) is 0 Å². The highest BCUT2D eigenvalue weighted by molar-refractivity contribution is 5.89. The van der Waals surface area contributed by atoms with Crippen LogP contribution in [0.2, 0.25) is 0 Å². The lowest BCUT2D eigenvalue weighted by atomic mass is 9.96. The summed E-state index contributed by atoms with van der Waals surface area (Å²) < 4.78 is 5.83. The Labute approximate surface area is 158 Å². The predicted octanol–water partition coefficient (Wildman–Crippen LogP) is 2.91. The minimum atomic E-state index is -0.133. The van der Waals surface area contributed by atoms with Crippen LogP contribution in [0.4, 0.5) is 10.5 Å². The first-order chi connectivity index (χ1) is 13.2. The zero-order valence-electron chi connectivity index (χ0n) is 15.0. The molecule has 0 saturated carbocycles. The average Bonchev–Trinajstić information content (AvgIpc) is 3.17. The van der Waals surface area contributed by atoms with Crippen molar-refractivity contribution in [2.24, 2.45) is 0 Å². The van der Waals surface area contributed by atoms with Crippen LogP contribution in [-0.4, -0.2) is 40.1 Å². The maximum atomic E-state index is 12.5. The number of fused-ring (bicyclic) bond motifs is 1. The van der Waals surface area contributed by atoms with Gasteiger partial charge in [-0.05, 0) is 43.4 Å². The lowest BCUT2D eigenvalue weighted by Gasteiger charge is -2.19. The summed E-state index contributed by atoms with van der Waals surface area (Å²) in [6.45, 7) is 1.14. The molecule has 2 amide bonds. The molecule has 2 aromatic rings. The van der Waals surface area contributed by atoms with Crippen LogP contribution in [0.15, 0.2) is 30.6 Å². The molecule has 0 radical (unpaired) electrons. The van der Waals surface area contributed by atoms with Crippen LogP contribution >= 0.6 is 0 Å². The second kappa shape index (κ2) is 7.62. The number of pyridine rings is 2. The summed E-state index contributed by atoms with van der Waals surface area (Å²) in [5, 5.41) is 11.8. The number of rotatable bonds is 3. The summed E-state index contributed by atoms with van der Waals surface area (Å²) in [6, 6.07) is 7.29. The monoisotopic (exact) mass is 363 g/mol. The van der Waals surface area contributed by atoms with Crippen LogP contribution in [0.25, 0.3) is 0 Å².